The van der Waals surface area contributed by atoms with Gasteiger partial charge in [-0.05, 0) is 60.3 Å². The molecule has 1 aromatic heterocycles. The van der Waals surface area contributed by atoms with Crippen LogP contribution in [0.15, 0.2) is 76.6 Å². The van der Waals surface area contributed by atoms with Gasteiger partial charge in [-0.2, -0.15) is 0 Å². The number of primary sulfonamides is 1. The maximum Gasteiger partial charge on any atom is 0.251 e. The van der Waals surface area contributed by atoms with Gasteiger partial charge in [-0.25, -0.2) is 13.6 Å². The van der Waals surface area contributed by atoms with E-state index in [0.29, 0.717) is 17.1 Å². The number of sulfonamides is 1. The zero-order valence-corrected chi connectivity index (χ0v) is 22.0. The molecule has 10 nitrogen and oxygen atoms in total. The Bertz CT molecular complexity index is 1250. The second-order valence-corrected chi connectivity index (χ2v) is 9.23. The van der Waals surface area contributed by atoms with Crippen LogP contribution < -0.4 is 21.3 Å². The van der Waals surface area contributed by atoms with Crippen molar-refractivity contribution in [3.63, 3.8) is 0 Å². The molecule has 1 atom stereocenters. The molecule has 0 spiro atoms. The fourth-order valence-corrected chi connectivity index (χ4v) is 3.57. The quantitative estimate of drug-likeness (QED) is 0.213. The van der Waals surface area contributed by atoms with Gasteiger partial charge in [-0.15, -0.1) is 6.58 Å². The average Bonchev–Trinajstić information content (AvgIpc) is 3.22. The Labute approximate surface area is 227 Å². The zero-order valence-electron chi connectivity index (χ0n) is 19.5. The summed E-state index contributed by atoms with van der Waals surface area (Å²) in [7, 11) is -2.31. The van der Waals surface area contributed by atoms with Crippen LogP contribution in [-0.4, -0.2) is 41.6 Å². The van der Waals surface area contributed by atoms with E-state index in [2.05, 4.69) is 42.5 Å². The van der Waals surface area contributed by atoms with Crippen molar-refractivity contribution >= 4 is 44.8 Å². The van der Waals surface area contributed by atoms with Crippen LogP contribution in [0.3, 0.4) is 0 Å². The highest BCUT2D eigenvalue weighted by atomic mass is 32.2. The molecule has 2 aromatic carbocycles. The number of methoxy groups -OCH3 is 1. The fourth-order valence-electron chi connectivity index (χ4n) is 2.84. The topological polar surface area (TPSA) is 207 Å². The molecule has 1 unspecified atom stereocenters. The first-order chi connectivity index (χ1) is 16.3. The Morgan fingerprint density at radius 1 is 1.05 bits per heavy atom. The number of nitrogens with two attached hydrogens (primary N) is 3. The van der Waals surface area contributed by atoms with Gasteiger partial charge in [0.25, 0.3) is 10.3 Å². The van der Waals surface area contributed by atoms with Crippen LogP contribution in [0.2, 0.25) is 0 Å². The van der Waals surface area contributed by atoms with Crippen molar-refractivity contribution < 1.29 is 33.3 Å². The Morgan fingerprint density at radius 2 is 1.54 bits per heavy atom. The van der Waals surface area contributed by atoms with Gasteiger partial charge < -0.3 is 36.3 Å². The van der Waals surface area contributed by atoms with Crippen LogP contribution in [0.5, 0.6) is 5.75 Å². The lowest BCUT2D eigenvalue weighted by Crippen LogP contribution is -2.13. The Hall–Kier alpha value is -3.49. The van der Waals surface area contributed by atoms with Gasteiger partial charge in [-0.1, -0.05) is 44.7 Å². The van der Waals surface area contributed by atoms with E-state index in [1.807, 2.05) is 37.3 Å². The summed E-state index contributed by atoms with van der Waals surface area (Å²) < 4.78 is 35.4. The van der Waals surface area contributed by atoms with Crippen LogP contribution in [0, 0.1) is 0 Å². The normalized spacial score (nSPS) is 10.5. The van der Waals surface area contributed by atoms with E-state index < -0.39 is 20.4 Å². The first-order valence-corrected chi connectivity index (χ1v) is 12.2. The summed E-state index contributed by atoms with van der Waals surface area (Å²) in [6, 6.07) is 15.9. The van der Waals surface area contributed by atoms with Crippen LogP contribution in [0.1, 0.15) is 26.0 Å². The first kappa shape index (κ1) is 35.7. The largest absolute Gasteiger partial charge is 0.497 e. The second-order valence-electron chi connectivity index (χ2n) is 6.86. The predicted molar refractivity (Wildman–Crippen MR) is 155 cm³/mol. The molecule has 0 aliphatic carbocycles. The van der Waals surface area contributed by atoms with Crippen molar-refractivity contribution in [3.05, 3.63) is 73.0 Å². The highest BCUT2D eigenvalue weighted by Crippen LogP contribution is 2.40. The van der Waals surface area contributed by atoms with Gasteiger partial charge in [0.2, 0.25) is 10.0 Å². The molecule has 0 aliphatic heterocycles. The number of ether oxygens (including phenoxy) is 1. The second kappa shape index (κ2) is 16.3. The predicted octanol–water partition coefficient (Wildman–Crippen LogP) is 3.95. The number of aliphatic hydroxyl groups is 2. The van der Waals surface area contributed by atoms with Crippen molar-refractivity contribution in [1.29, 1.82) is 0 Å². The van der Waals surface area contributed by atoms with E-state index >= 15 is 0 Å². The van der Waals surface area contributed by atoms with Crippen molar-refractivity contribution in [3.8, 4) is 28.2 Å². The van der Waals surface area contributed by atoms with Crippen LogP contribution >= 0.6 is 24.4 Å². The molecule has 3 aromatic rings. The summed E-state index contributed by atoms with van der Waals surface area (Å²) in [6.07, 6.45) is 1.77. The van der Waals surface area contributed by atoms with Crippen molar-refractivity contribution in [2.45, 2.75) is 25.2 Å². The number of furan rings is 1. The number of rotatable bonds is 6. The smallest absolute Gasteiger partial charge is 0.251 e. The highest BCUT2D eigenvalue weighted by molar-refractivity contribution is 7.89. The Balaban J connectivity index is 0. The van der Waals surface area contributed by atoms with E-state index in [4.69, 9.17) is 24.5 Å². The summed E-state index contributed by atoms with van der Waals surface area (Å²) in [5.41, 5.74) is 10.9. The van der Waals surface area contributed by atoms with E-state index in [9.17, 15) is 8.42 Å². The third-order valence-electron chi connectivity index (χ3n) is 4.39. The van der Waals surface area contributed by atoms with E-state index in [1.54, 1.807) is 31.4 Å². The number of allylic oxidation sites excluding steroid dienone is 1. The summed E-state index contributed by atoms with van der Waals surface area (Å²) in [4.78, 5) is 0.0203. The number of hydrogen-bond acceptors (Lipinski definition) is 6. The molecule has 0 saturated carbocycles. The summed E-state index contributed by atoms with van der Waals surface area (Å²) in [5, 5.41) is 19.5. The van der Waals surface area contributed by atoms with Crippen LogP contribution in [0.4, 0.5) is 0 Å². The van der Waals surface area contributed by atoms with Gasteiger partial charge in [0.15, 0.2) is 0 Å². The van der Waals surface area contributed by atoms with Crippen molar-refractivity contribution in [2.24, 2.45) is 16.6 Å². The number of hydrogen-bond donors (Lipinski definition) is 5. The molecular weight excluding hydrogens is 538 g/mol. The highest BCUT2D eigenvalue weighted by Gasteiger charge is 2.23. The lowest BCUT2D eigenvalue weighted by molar-refractivity contribution is 0.415. The van der Waals surface area contributed by atoms with Gasteiger partial charge in [0.1, 0.15) is 17.3 Å². The lowest BCUT2D eigenvalue weighted by Gasteiger charge is -2.08. The van der Waals surface area contributed by atoms with Gasteiger partial charge in [0.05, 0.1) is 12.0 Å². The third kappa shape index (κ3) is 11.4. The summed E-state index contributed by atoms with van der Waals surface area (Å²) in [6.45, 7) is 5.77. The molecule has 0 saturated heterocycles. The minimum atomic E-state index is -3.91. The van der Waals surface area contributed by atoms with Crippen LogP contribution in [-0.2, 0) is 10.0 Å². The molecule has 0 bridgehead atoms. The molecule has 1 heterocycles. The first-order valence-electron chi connectivity index (χ1n) is 9.81. The van der Waals surface area contributed by atoms with Crippen molar-refractivity contribution in [2.75, 3.05) is 7.11 Å². The standard InChI is InChI=1S/C21H21NO4S.2CH3NOS.CH4.H2O/c1-4-14(2)19-13-18(15-9-11-16(25-3)12-10-15)21(26-19)17-7-5-6-8-20(17)27(22,23)24;2*2-1(3)4;;/h4-14H,1H2,2-3H3,(H2,22,23,24);2*(H3,2,3,4);1H4;1H2. The monoisotopic (exact) mass is 571 g/mol. The molecule has 0 fully saturated rings. The molecule has 37 heavy (non-hydrogen) atoms. The maximum absolute atomic E-state index is 12.1. The lowest BCUT2D eigenvalue weighted by atomic mass is 10.0. The molecular formula is C24H33N3O7S3. The maximum atomic E-state index is 12.1. The van der Waals surface area contributed by atoms with E-state index in [-0.39, 0.29) is 23.7 Å². The summed E-state index contributed by atoms with van der Waals surface area (Å²) in [5.74, 6) is 1.84. The molecule has 0 aliphatic rings. The molecule has 204 valence electrons. The van der Waals surface area contributed by atoms with Gasteiger partial charge in [0, 0.05) is 17.0 Å². The van der Waals surface area contributed by atoms with E-state index in [1.165, 1.54) is 6.07 Å². The number of benzene rings is 2. The molecule has 0 radical (unpaired) electrons. The number of aliphatic hydroxyl groups excluding tert-OH is 2. The average molecular weight is 572 g/mol. The van der Waals surface area contributed by atoms with E-state index in [0.717, 1.165) is 16.9 Å². The SMILES string of the molecule is C.C=CC(C)c1cc(-c2ccc(OC)cc2)c(-c2ccccc2S(N)(=O)=O)o1.NC(O)=S.NC(O)=S.O. The number of thiocarbonyl (C=S) groups is 2. The minimum absolute atomic E-state index is 0. The molecule has 10 N–H and O–H groups in total. The molecule has 0 amide bonds. The summed E-state index contributed by atoms with van der Waals surface area (Å²) >= 11 is 7.74. The molecule has 3 rings (SSSR count). The van der Waals surface area contributed by atoms with Crippen LogP contribution in [0.25, 0.3) is 22.5 Å². The fraction of sp³-hybridized carbons (Fsp3) is 0.167. The van der Waals surface area contributed by atoms with Gasteiger partial charge in [-0.3, -0.25) is 0 Å². The molecule has 13 heteroatoms. The minimum Gasteiger partial charge on any atom is -0.497 e. The Morgan fingerprint density at radius 3 is 1.97 bits per heavy atom. The Kier molecular flexibility index (Phi) is 15.7. The van der Waals surface area contributed by atoms with Crippen molar-refractivity contribution in [1.82, 2.24) is 0 Å². The zero-order chi connectivity index (χ0) is 26.8. The van der Waals surface area contributed by atoms with Gasteiger partial charge >= 0.3 is 0 Å². The third-order valence-corrected chi connectivity index (χ3v) is 5.36.